The van der Waals surface area contributed by atoms with Crippen LogP contribution < -0.4 is 5.32 Å². The third-order valence-electron chi connectivity index (χ3n) is 15.0. The Labute approximate surface area is 443 Å². The number of amides is 1. The van der Waals surface area contributed by atoms with Crippen LogP contribution in [0.5, 0.6) is 0 Å². The van der Waals surface area contributed by atoms with Gasteiger partial charge < -0.3 is 20.3 Å². The van der Waals surface area contributed by atoms with E-state index in [1.807, 2.05) is 6.08 Å². The first-order chi connectivity index (χ1) is 35.0. The molecule has 420 valence electrons. The van der Waals surface area contributed by atoms with E-state index in [0.29, 0.717) is 19.4 Å². The molecular weight excluding hydrogens is 875 g/mol. The van der Waals surface area contributed by atoms with E-state index in [9.17, 15) is 19.8 Å². The normalized spacial score (nSPS) is 12.7. The van der Waals surface area contributed by atoms with E-state index < -0.39 is 12.1 Å². The fraction of sp³-hybridized carbons (Fsp3) is 0.908. The van der Waals surface area contributed by atoms with E-state index in [4.69, 9.17) is 4.74 Å². The zero-order valence-corrected chi connectivity index (χ0v) is 48.0. The Balaban J connectivity index is 3.31. The highest BCUT2D eigenvalue weighted by Crippen LogP contribution is 2.18. The molecule has 6 nitrogen and oxygen atoms in total. The van der Waals surface area contributed by atoms with Gasteiger partial charge in [0.15, 0.2) is 0 Å². The molecule has 0 aliphatic rings. The van der Waals surface area contributed by atoms with Crippen molar-refractivity contribution in [3.8, 4) is 0 Å². The average molecular weight is 1000 g/mol. The molecular formula is C65H125NO5. The fourth-order valence-electron chi connectivity index (χ4n) is 10.0. The first kappa shape index (κ1) is 69.3. The molecule has 0 radical (unpaired) electrons. The second-order valence-corrected chi connectivity index (χ2v) is 22.1. The number of carbonyl (C=O) groups is 2. The SMILES string of the molecule is CCCCCCCC/C=C\CCCCCCCC(=O)OCCCCCCCCCCCCCCCCCCCCCCCCCCCCCCCCC(=O)NC(CO)C(O)/C=C/CCCCCCCCC. The second-order valence-electron chi connectivity index (χ2n) is 22.1. The minimum absolute atomic E-state index is 0.0120. The van der Waals surface area contributed by atoms with Gasteiger partial charge in [-0.3, -0.25) is 9.59 Å². The Morgan fingerprint density at radius 1 is 0.380 bits per heavy atom. The van der Waals surface area contributed by atoms with Crippen molar-refractivity contribution in [3.05, 3.63) is 24.3 Å². The summed E-state index contributed by atoms with van der Waals surface area (Å²) in [5.74, 6) is -0.0537. The summed E-state index contributed by atoms with van der Waals surface area (Å²) >= 11 is 0. The summed E-state index contributed by atoms with van der Waals surface area (Å²) in [6, 6.07) is -0.622. The molecule has 0 aliphatic heterocycles. The second kappa shape index (κ2) is 60.9. The van der Waals surface area contributed by atoms with Crippen molar-refractivity contribution in [2.45, 2.75) is 366 Å². The molecule has 71 heavy (non-hydrogen) atoms. The van der Waals surface area contributed by atoms with E-state index in [1.54, 1.807) is 6.08 Å². The van der Waals surface area contributed by atoms with Crippen molar-refractivity contribution < 1.29 is 24.5 Å². The monoisotopic (exact) mass is 1000 g/mol. The maximum atomic E-state index is 12.4. The molecule has 1 amide bonds. The molecule has 6 heteroatoms. The van der Waals surface area contributed by atoms with Gasteiger partial charge in [0, 0.05) is 12.8 Å². The Morgan fingerprint density at radius 2 is 0.662 bits per heavy atom. The lowest BCUT2D eigenvalue weighted by Gasteiger charge is -2.20. The number of aliphatic hydroxyl groups is 2. The summed E-state index contributed by atoms with van der Waals surface area (Å²) in [5, 5.41) is 23.0. The number of unbranched alkanes of at least 4 members (excludes halogenated alkanes) is 47. The number of rotatable bonds is 60. The predicted molar refractivity (Wildman–Crippen MR) is 310 cm³/mol. The molecule has 0 rings (SSSR count). The molecule has 0 aliphatic carbocycles. The minimum atomic E-state index is -0.839. The van der Waals surface area contributed by atoms with Crippen LogP contribution in [-0.4, -0.2) is 47.4 Å². The molecule has 0 aromatic heterocycles. The third-order valence-corrected chi connectivity index (χ3v) is 15.0. The van der Waals surface area contributed by atoms with E-state index in [-0.39, 0.29) is 18.5 Å². The summed E-state index contributed by atoms with van der Waals surface area (Å²) in [6.07, 6.45) is 75.4. The lowest BCUT2D eigenvalue weighted by atomic mass is 10.0. The van der Waals surface area contributed by atoms with Crippen LogP contribution in [0.3, 0.4) is 0 Å². The number of allylic oxidation sites excluding steroid dienone is 3. The Kier molecular flexibility index (Phi) is 59.5. The van der Waals surface area contributed by atoms with Gasteiger partial charge in [0.2, 0.25) is 5.91 Å². The van der Waals surface area contributed by atoms with Crippen molar-refractivity contribution in [1.82, 2.24) is 5.32 Å². The van der Waals surface area contributed by atoms with Crippen molar-refractivity contribution in [2.24, 2.45) is 0 Å². The lowest BCUT2D eigenvalue weighted by molar-refractivity contribution is -0.143. The Bertz CT molecular complexity index is 1110. The highest BCUT2D eigenvalue weighted by Gasteiger charge is 2.18. The molecule has 0 saturated heterocycles. The highest BCUT2D eigenvalue weighted by atomic mass is 16.5. The van der Waals surface area contributed by atoms with Gasteiger partial charge in [0.25, 0.3) is 0 Å². The quantitative estimate of drug-likeness (QED) is 0.0320. The molecule has 0 spiro atoms. The third kappa shape index (κ3) is 57.5. The summed E-state index contributed by atoms with van der Waals surface area (Å²) in [6.45, 7) is 4.89. The van der Waals surface area contributed by atoms with Crippen molar-refractivity contribution in [1.29, 1.82) is 0 Å². The van der Waals surface area contributed by atoms with Gasteiger partial charge in [0.05, 0.1) is 25.4 Å². The summed E-state index contributed by atoms with van der Waals surface area (Å²) in [7, 11) is 0. The Hall–Kier alpha value is -1.66. The molecule has 0 heterocycles. The maximum Gasteiger partial charge on any atom is 0.305 e. The standard InChI is InChI=1S/C65H125NO5/c1-3-5-7-9-11-13-14-15-32-36-39-43-47-51-55-59-65(70)71-60-56-52-48-44-40-37-34-31-29-27-25-23-21-19-17-16-18-20-22-24-26-28-30-33-35-38-42-46-50-54-58-64(69)66-62(61-67)63(68)57-53-49-45-41-12-10-8-6-4-2/h15,32,53,57,62-63,67-68H,3-14,16-31,33-52,54-56,58-61H2,1-2H3,(H,66,69)/b32-15-,57-53+. The molecule has 2 unspecified atom stereocenters. The van der Waals surface area contributed by atoms with E-state index in [1.165, 1.54) is 283 Å². The zero-order chi connectivity index (χ0) is 51.4. The number of aliphatic hydroxyl groups excluding tert-OH is 2. The molecule has 0 saturated carbocycles. The van der Waals surface area contributed by atoms with Gasteiger partial charge >= 0.3 is 5.97 Å². The number of hydrogen-bond donors (Lipinski definition) is 3. The van der Waals surface area contributed by atoms with E-state index in [0.717, 1.165) is 44.9 Å². The van der Waals surface area contributed by atoms with Crippen molar-refractivity contribution in [3.63, 3.8) is 0 Å². The van der Waals surface area contributed by atoms with Crippen LogP contribution in [0, 0.1) is 0 Å². The van der Waals surface area contributed by atoms with E-state index >= 15 is 0 Å². The van der Waals surface area contributed by atoms with Gasteiger partial charge in [-0.15, -0.1) is 0 Å². The van der Waals surface area contributed by atoms with Gasteiger partial charge in [0.1, 0.15) is 0 Å². The van der Waals surface area contributed by atoms with Crippen LogP contribution in [-0.2, 0) is 14.3 Å². The van der Waals surface area contributed by atoms with Crippen LogP contribution in [0.2, 0.25) is 0 Å². The van der Waals surface area contributed by atoms with Crippen LogP contribution in [0.25, 0.3) is 0 Å². The van der Waals surface area contributed by atoms with Crippen molar-refractivity contribution in [2.75, 3.05) is 13.2 Å². The summed E-state index contributed by atoms with van der Waals surface area (Å²) in [4.78, 5) is 24.5. The summed E-state index contributed by atoms with van der Waals surface area (Å²) in [5.41, 5.74) is 0. The average Bonchev–Trinajstić information content (AvgIpc) is 3.37. The topological polar surface area (TPSA) is 95.9 Å². The number of carbonyl (C=O) groups excluding carboxylic acids is 2. The minimum Gasteiger partial charge on any atom is -0.466 e. The van der Waals surface area contributed by atoms with Crippen molar-refractivity contribution >= 4 is 11.9 Å². The van der Waals surface area contributed by atoms with Crippen LogP contribution in [0.1, 0.15) is 354 Å². The molecule has 0 fully saturated rings. The first-order valence-corrected chi connectivity index (χ1v) is 32.1. The smallest absolute Gasteiger partial charge is 0.305 e. The van der Waals surface area contributed by atoms with Crippen LogP contribution in [0.15, 0.2) is 24.3 Å². The number of ether oxygens (including phenoxy) is 1. The maximum absolute atomic E-state index is 12.4. The molecule has 3 N–H and O–H groups in total. The van der Waals surface area contributed by atoms with Gasteiger partial charge in [-0.1, -0.05) is 308 Å². The Morgan fingerprint density at radius 3 is 1.00 bits per heavy atom. The van der Waals surface area contributed by atoms with Gasteiger partial charge in [-0.2, -0.15) is 0 Å². The molecule has 0 aromatic carbocycles. The van der Waals surface area contributed by atoms with Gasteiger partial charge in [-0.05, 0) is 57.8 Å². The van der Waals surface area contributed by atoms with Crippen LogP contribution in [0.4, 0.5) is 0 Å². The van der Waals surface area contributed by atoms with E-state index in [2.05, 4.69) is 31.3 Å². The van der Waals surface area contributed by atoms with Gasteiger partial charge in [-0.25, -0.2) is 0 Å². The zero-order valence-electron chi connectivity index (χ0n) is 48.0. The molecule has 0 bridgehead atoms. The lowest BCUT2D eigenvalue weighted by Crippen LogP contribution is -2.45. The predicted octanol–water partition coefficient (Wildman–Crippen LogP) is 20.2. The fourth-order valence-corrected chi connectivity index (χ4v) is 10.0. The summed E-state index contributed by atoms with van der Waals surface area (Å²) < 4.78 is 5.49. The first-order valence-electron chi connectivity index (χ1n) is 32.1. The van der Waals surface area contributed by atoms with Crippen LogP contribution >= 0.6 is 0 Å². The highest BCUT2D eigenvalue weighted by molar-refractivity contribution is 5.76. The number of hydrogen-bond acceptors (Lipinski definition) is 5. The number of nitrogens with one attached hydrogen (secondary N) is 1. The molecule has 2 atom stereocenters. The molecule has 0 aromatic rings. The largest absolute Gasteiger partial charge is 0.466 e. The number of esters is 1.